The number of hydrogen-bond acceptors (Lipinski definition) is 7. The molecule has 43 heavy (non-hydrogen) atoms. The Morgan fingerprint density at radius 2 is 1.84 bits per heavy atom. The number of ether oxygens (including phenoxy) is 1. The summed E-state index contributed by atoms with van der Waals surface area (Å²) in [6.45, 7) is 5.62. The van der Waals surface area contributed by atoms with Gasteiger partial charge in [0.2, 0.25) is 0 Å². The minimum absolute atomic E-state index is 0.0857. The zero-order valence-corrected chi connectivity index (χ0v) is 25.1. The Bertz CT molecular complexity index is 1910. The van der Waals surface area contributed by atoms with E-state index >= 15 is 0 Å². The van der Waals surface area contributed by atoms with E-state index in [9.17, 15) is 19.5 Å². The van der Waals surface area contributed by atoms with Crippen LogP contribution in [0, 0.1) is 0 Å². The van der Waals surface area contributed by atoms with Crippen LogP contribution in [-0.2, 0) is 4.74 Å². The number of nitrogens with one attached hydrogen (secondary N) is 2. The van der Waals surface area contributed by atoms with Gasteiger partial charge in [-0.15, -0.1) is 22.9 Å². The van der Waals surface area contributed by atoms with Gasteiger partial charge in [-0.2, -0.15) is 0 Å². The molecule has 1 unspecified atom stereocenters. The number of phenols is 1. The maximum atomic E-state index is 13.7. The second-order valence-electron chi connectivity index (χ2n) is 11.2. The lowest BCUT2D eigenvalue weighted by molar-refractivity contribution is 0.0635. The molecule has 220 valence electrons. The summed E-state index contributed by atoms with van der Waals surface area (Å²) in [6, 6.07) is 17.4. The van der Waals surface area contributed by atoms with E-state index in [2.05, 4.69) is 10.6 Å². The van der Waals surface area contributed by atoms with Crippen LogP contribution in [0.25, 0.3) is 21.7 Å². The van der Waals surface area contributed by atoms with Gasteiger partial charge in [0.1, 0.15) is 21.8 Å². The molecule has 0 fully saturated rings. The first kappa shape index (κ1) is 28.6. The molecule has 0 aliphatic carbocycles. The predicted molar refractivity (Wildman–Crippen MR) is 169 cm³/mol. The summed E-state index contributed by atoms with van der Waals surface area (Å²) in [5.41, 5.74) is 2.15. The molecular weight excluding hydrogens is 590 g/mol. The Balaban J connectivity index is 1.23. The molecule has 9 nitrogen and oxygen atoms in total. The second-order valence-corrected chi connectivity index (χ2v) is 12.5. The number of phenolic OH excluding ortho intramolecular Hbond substituents is 1. The standard InChI is InChI=1S/C32H28ClN3O6S/c1-32(2,3)42-31(40)35-22-10-11-43-28(22)29(38)34-19-8-9-25-17(12-19)13-26(41-25)30(39)36-16-18(15-33)27-21-7-5-4-6-20(21)24(37)14-23(27)36/h4-14,18,37H,15-16H2,1-3H3,(H,34,38)(H,35,40). The molecule has 1 aliphatic heterocycles. The minimum Gasteiger partial charge on any atom is -0.507 e. The zero-order chi connectivity index (χ0) is 30.5. The molecule has 3 N–H and O–H groups in total. The number of thiophene rings is 1. The summed E-state index contributed by atoms with van der Waals surface area (Å²) >= 11 is 7.51. The van der Waals surface area contributed by atoms with Crippen LogP contribution >= 0.6 is 22.9 Å². The number of nitrogens with zero attached hydrogens (tertiary/aromatic N) is 1. The third kappa shape index (κ3) is 5.51. The third-order valence-corrected chi connectivity index (χ3v) is 8.35. The molecule has 11 heteroatoms. The van der Waals surface area contributed by atoms with Crippen LogP contribution in [0.15, 0.2) is 70.5 Å². The molecule has 0 radical (unpaired) electrons. The number of aromatic hydroxyl groups is 1. The van der Waals surface area contributed by atoms with Crippen LogP contribution in [0.5, 0.6) is 5.75 Å². The number of rotatable bonds is 5. The molecule has 0 saturated heterocycles. The first-order valence-electron chi connectivity index (χ1n) is 13.6. The van der Waals surface area contributed by atoms with Gasteiger partial charge in [0.15, 0.2) is 5.76 Å². The third-order valence-electron chi connectivity index (χ3n) is 7.07. The zero-order valence-electron chi connectivity index (χ0n) is 23.6. The van der Waals surface area contributed by atoms with E-state index in [0.717, 1.165) is 10.9 Å². The molecule has 1 aliphatic rings. The van der Waals surface area contributed by atoms with Crippen molar-refractivity contribution >= 4 is 79.6 Å². The molecular formula is C32H28ClN3O6S. The van der Waals surface area contributed by atoms with Crippen molar-refractivity contribution in [3.05, 3.63) is 82.2 Å². The van der Waals surface area contributed by atoms with Gasteiger partial charge >= 0.3 is 6.09 Å². The van der Waals surface area contributed by atoms with E-state index in [4.69, 9.17) is 20.8 Å². The van der Waals surface area contributed by atoms with Gasteiger partial charge in [-0.25, -0.2) is 4.79 Å². The number of hydrogen-bond donors (Lipinski definition) is 3. The Hall–Kier alpha value is -4.54. The lowest BCUT2D eigenvalue weighted by Crippen LogP contribution is -2.29. The number of carbonyl (C=O) groups is 3. The highest BCUT2D eigenvalue weighted by atomic mass is 35.5. The van der Waals surface area contributed by atoms with Crippen molar-refractivity contribution in [2.24, 2.45) is 0 Å². The van der Waals surface area contributed by atoms with Gasteiger partial charge < -0.3 is 24.5 Å². The first-order valence-corrected chi connectivity index (χ1v) is 15.0. The normalized spacial score (nSPS) is 14.6. The Morgan fingerprint density at radius 3 is 2.58 bits per heavy atom. The van der Waals surface area contributed by atoms with Crippen LogP contribution in [0.3, 0.4) is 0 Å². The summed E-state index contributed by atoms with van der Waals surface area (Å²) < 4.78 is 11.2. The average Bonchev–Trinajstić information content (AvgIpc) is 3.68. The molecule has 6 rings (SSSR count). The van der Waals surface area contributed by atoms with E-state index in [-0.39, 0.29) is 23.3 Å². The predicted octanol–water partition coefficient (Wildman–Crippen LogP) is 7.94. The van der Waals surface area contributed by atoms with Gasteiger partial charge in [-0.1, -0.05) is 24.3 Å². The number of anilines is 3. The van der Waals surface area contributed by atoms with E-state index in [1.165, 1.54) is 11.3 Å². The summed E-state index contributed by atoms with van der Waals surface area (Å²) in [7, 11) is 0. The molecule has 0 saturated carbocycles. The maximum absolute atomic E-state index is 13.7. The van der Waals surface area contributed by atoms with E-state index < -0.39 is 17.6 Å². The fourth-order valence-electron chi connectivity index (χ4n) is 5.29. The number of benzene rings is 3. The van der Waals surface area contributed by atoms with Gasteiger partial charge in [0, 0.05) is 40.9 Å². The van der Waals surface area contributed by atoms with Crippen molar-refractivity contribution in [1.82, 2.24) is 0 Å². The quantitative estimate of drug-likeness (QED) is 0.172. The van der Waals surface area contributed by atoms with Crippen molar-refractivity contribution in [3.63, 3.8) is 0 Å². The fraction of sp³-hybridized carbons (Fsp3) is 0.219. The van der Waals surface area contributed by atoms with Crippen LogP contribution in [0.2, 0.25) is 0 Å². The van der Waals surface area contributed by atoms with Crippen LogP contribution in [0.1, 0.15) is 52.5 Å². The smallest absolute Gasteiger partial charge is 0.412 e. The van der Waals surface area contributed by atoms with Gasteiger partial charge in [0.05, 0.1) is 11.4 Å². The van der Waals surface area contributed by atoms with E-state index in [1.54, 1.807) is 67.4 Å². The van der Waals surface area contributed by atoms with Crippen molar-refractivity contribution in [3.8, 4) is 5.75 Å². The molecule has 3 aromatic carbocycles. The first-order chi connectivity index (χ1) is 20.5. The number of carbonyl (C=O) groups excluding carboxylic acids is 3. The summed E-state index contributed by atoms with van der Waals surface area (Å²) in [6.07, 6.45) is -0.654. The van der Waals surface area contributed by atoms with Crippen LogP contribution in [-0.4, -0.2) is 41.0 Å². The van der Waals surface area contributed by atoms with Crippen molar-refractivity contribution in [2.75, 3.05) is 28.0 Å². The van der Waals surface area contributed by atoms with Gasteiger partial charge in [-0.3, -0.25) is 14.9 Å². The molecule has 1 atom stereocenters. The summed E-state index contributed by atoms with van der Waals surface area (Å²) in [5, 5.41) is 20.1. The molecule has 2 aromatic heterocycles. The van der Waals surface area contributed by atoms with Crippen LogP contribution < -0.4 is 15.5 Å². The Morgan fingerprint density at radius 1 is 1.07 bits per heavy atom. The monoisotopic (exact) mass is 617 g/mol. The Labute approximate surface area is 256 Å². The molecule has 3 heterocycles. The Kier molecular flexibility index (Phi) is 7.27. The topological polar surface area (TPSA) is 121 Å². The fourth-order valence-corrected chi connectivity index (χ4v) is 6.29. The highest BCUT2D eigenvalue weighted by Crippen LogP contribution is 2.45. The SMILES string of the molecule is CC(C)(C)OC(=O)Nc1ccsc1C(=O)Nc1ccc2oc(C(=O)N3CC(CCl)c4c3cc(O)c3ccccc43)cc2c1. The molecule has 3 amide bonds. The number of alkyl halides is 1. The summed E-state index contributed by atoms with van der Waals surface area (Å²) in [4.78, 5) is 40.9. The van der Waals surface area contributed by atoms with Gasteiger partial charge in [-0.05, 0) is 67.4 Å². The summed E-state index contributed by atoms with van der Waals surface area (Å²) in [5.74, 6) is -0.357. The highest BCUT2D eigenvalue weighted by molar-refractivity contribution is 7.12. The number of halogens is 1. The van der Waals surface area contributed by atoms with Gasteiger partial charge in [0.25, 0.3) is 11.8 Å². The molecule has 0 bridgehead atoms. The number of amides is 3. The largest absolute Gasteiger partial charge is 0.507 e. The number of furan rings is 1. The highest BCUT2D eigenvalue weighted by Gasteiger charge is 2.36. The van der Waals surface area contributed by atoms with E-state index in [1.807, 2.05) is 24.3 Å². The minimum atomic E-state index is -0.678. The molecule has 0 spiro atoms. The van der Waals surface area contributed by atoms with Crippen LogP contribution in [0.4, 0.5) is 21.9 Å². The second kappa shape index (κ2) is 10.9. The lowest BCUT2D eigenvalue weighted by atomic mass is 9.95. The van der Waals surface area contributed by atoms with Crippen molar-refractivity contribution in [1.29, 1.82) is 0 Å². The maximum Gasteiger partial charge on any atom is 0.412 e. The average molecular weight is 618 g/mol. The number of fused-ring (bicyclic) bond motifs is 4. The van der Waals surface area contributed by atoms with E-state index in [0.29, 0.717) is 50.7 Å². The lowest BCUT2D eigenvalue weighted by Gasteiger charge is -2.19. The molecule has 5 aromatic rings. The van der Waals surface area contributed by atoms with Crippen molar-refractivity contribution in [2.45, 2.75) is 32.3 Å². The van der Waals surface area contributed by atoms with Crippen molar-refractivity contribution < 1.29 is 28.6 Å².